The molecule has 0 aromatic rings. The molecule has 7 atom stereocenters. The molecule has 7 heteroatoms. The van der Waals surface area contributed by atoms with Gasteiger partial charge in [0.2, 0.25) is 0 Å². The van der Waals surface area contributed by atoms with E-state index in [2.05, 4.69) is 0 Å². The van der Waals surface area contributed by atoms with Crippen LogP contribution in [0.3, 0.4) is 0 Å². The minimum Gasteiger partial charge on any atom is -0.394 e. The third-order valence-corrected chi connectivity index (χ3v) is 5.01. The van der Waals surface area contributed by atoms with Crippen LogP contribution >= 0.6 is 0 Å². The molecule has 1 saturated heterocycles. The van der Waals surface area contributed by atoms with E-state index in [0.717, 1.165) is 12.0 Å². The summed E-state index contributed by atoms with van der Waals surface area (Å²) in [6.45, 7) is 5.23. The van der Waals surface area contributed by atoms with Crippen molar-refractivity contribution in [3.8, 4) is 0 Å². The van der Waals surface area contributed by atoms with Crippen LogP contribution in [0, 0.1) is 5.92 Å². The van der Waals surface area contributed by atoms with Gasteiger partial charge in [0.15, 0.2) is 6.29 Å². The Kier molecular flexibility index (Phi) is 5.84. The zero-order valence-electron chi connectivity index (χ0n) is 13.8. The minimum atomic E-state index is -1.49. The second-order valence-electron chi connectivity index (χ2n) is 6.88. The van der Waals surface area contributed by atoms with Crippen molar-refractivity contribution in [3.05, 3.63) is 11.6 Å². The minimum absolute atomic E-state index is 0.0748. The summed E-state index contributed by atoms with van der Waals surface area (Å²) in [5, 5.41) is 49.6. The molecule has 2 aliphatic rings. The molecule has 1 heterocycles. The highest BCUT2D eigenvalue weighted by atomic mass is 16.7. The van der Waals surface area contributed by atoms with Gasteiger partial charge in [-0.25, -0.2) is 0 Å². The fourth-order valence-corrected chi connectivity index (χ4v) is 3.31. The molecule has 0 saturated carbocycles. The molecule has 1 aliphatic carbocycles. The van der Waals surface area contributed by atoms with Gasteiger partial charge in [0.1, 0.15) is 36.1 Å². The highest BCUT2D eigenvalue weighted by Gasteiger charge is 2.50. The largest absolute Gasteiger partial charge is 0.394 e. The first-order valence-corrected chi connectivity index (χ1v) is 8.06. The predicted molar refractivity (Wildman–Crippen MR) is 81.4 cm³/mol. The maximum atomic E-state index is 10.5. The van der Waals surface area contributed by atoms with Gasteiger partial charge in [0.05, 0.1) is 6.61 Å². The summed E-state index contributed by atoms with van der Waals surface area (Å²) >= 11 is 0. The lowest BCUT2D eigenvalue weighted by Gasteiger charge is -2.48. The Morgan fingerprint density at radius 2 is 1.87 bits per heavy atom. The summed E-state index contributed by atoms with van der Waals surface area (Å²) in [5.74, 6) is -0.0748. The van der Waals surface area contributed by atoms with Crippen LogP contribution in [-0.4, -0.2) is 74.6 Å². The third-order valence-electron chi connectivity index (χ3n) is 5.01. The van der Waals surface area contributed by atoms with Gasteiger partial charge in [-0.2, -0.15) is 0 Å². The van der Waals surface area contributed by atoms with E-state index in [-0.39, 0.29) is 5.92 Å². The van der Waals surface area contributed by atoms with Gasteiger partial charge in [-0.1, -0.05) is 25.5 Å². The number of aliphatic hydroxyl groups is 5. The van der Waals surface area contributed by atoms with Crippen molar-refractivity contribution in [2.24, 2.45) is 5.92 Å². The van der Waals surface area contributed by atoms with Crippen molar-refractivity contribution >= 4 is 0 Å². The summed E-state index contributed by atoms with van der Waals surface area (Å²) in [4.78, 5) is 0. The monoisotopic (exact) mass is 332 g/mol. The van der Waals surface area contributed by atoms with Gasteiger partial charge < -0.3 is 35.0 Å². The lowest BCUT2D eigenvalue weighted by Crippen LogP contribution is -2.63. The summed E-state index contributed by atoms with van der Waals surface area (Å²) in [7, 11) is 0. The van der Waals surface area contributed by atoms with E-state index in [1.54, 1.807) is 6.08 Å². The molecule has 2 rings (SSSR count). The van der Waals surface area contributed by atoms with Gasteiger partial charge in [0, 0.05) is 0 Å². The summed E-state index contributed by atoms with van der Waals surface area (Å²) < 4.78 is 11.4. The second kappa shape index (κ2) is 7.14. The average molecular weight is 332 g/mol. The molecular formula is C16H28O7. The summed E-state index contributed by atoms with van der Waals surface area (Å²) in [6, 6.07) is 0. The Bertz CT molecular complexity index is 436. The van der Waals surface area contributed by atoms with Crippen LogP contribution in [0.2, 0.25) is 0 Å². The van der Waals surface area contributed by atoms with Crippen LogP contribution in [0.1, 0.15) is 33.6 Å². The lowest BCUT2D eigenvalue weighted by atomic mass is 9.75. The number of hydrogen-bond donors (Lipinski definition) is 5. The fourth-order valence-electron chi connectivity index (χ4n) is 3.31. The molecule has 23 heavy (non-hydrogen) atoms. The Balaban J connectivity index is 2.23. The molecule has 5 N–H and O–H groups in total. The number of ether oxygens (including phenoxy) is 2. The number of allylic oxidation sites excluding steroid dienone is 1. The first-order chi connectivity index (χ1) is 10.7. The van der Waals surface area contributed by atoms with E-state index >= 15 is 0 Å². The lowest BCUT2D eigenvalue weighted by molar-refractivity contribution is -0.341. The van der Waals surface area contributed by atoms with E-state index < -0.39 is 49.0 Å². The SMILES string of the molecule is CC1=C[C@H](O)[C@](O[C@@H]2O[C@H](CO)[C@@H](O)[C@H](O)[C@@H]2O)(C(C)C)CC1. The molecule has 0 amide bonds. The van der Waals surface area contributed by atoms with Gasteiger partial charge in [-0.15, -0.1) is 0 Å². The van der Waals surface area contributed by atoms with Crippen LogP contribution in [-0.2, 0) is 9.47 Å². The van der Waals surface area contributed by atoms with Crippen LogP contribution in [0.25, 0.3) is 0 Å². The summed E-state index contributed by atoms with van der Waals surface area (Å²) in [6.07, 6.45) is -4.51. The average Bonchev–Trinajstić information content (AvgIpc) is 2.50. The van der Waals surface area contributed by atoms with Crippen molar-refractivity contribution in [2.75, 3.05) is 6.61 Å². The van der Waals surface area contributed by atoms with Gasteiger partial charge in [-0.05, 0) is 25.7 Å². The van der Waals surface area contributed by atoms with Crippen molar-refractivity contribution in [1.29, 1.82) is 0 Å². The van der Waals surface area contributed by atoms with Crippen LogP contribution in [0.4, 0.5) is 0 Å². The smallest absolute Gasteiger partial charge is 0.187 e. The maximum absolute atomic E-state index is 10.5. The van der Waals surface area contributed by atoms with Crippen LogP contribution in [0.5, 0.6) is 0 Å². The molecule has 0 unspecified atom stereocenters. The molecular weight excluding hydrogens is 304 g/mol. The maximum Gasteiger partial charge on any atom is 0.187 e. The van der Waals surface area contributed by atoms with Gasteiger partial charge in [-0.3, -0.25) is 0 Å². The van der Waals surface area contributed by atoms with E-state index in [0.29, 0.717) is 6.42 Å². The topological polar surface area (TPSA) is 120 Å². The van der Waals surface area contributed by atoms with Crippen molar-refractivity contribution in [1.82, 2.24) is 0 Å². The molecule has 7 nitrogen and oxygen atoms in total. The molecule has 1 aliphatic heterocycles. The van der Waals surface area contributed by atoms with Crippen molar-refractivity contribution < 1.29 is 35.0 Å². The Hall–Kier alpha value is -0.540. The normalized spacial score (nSPS) is 45.2. The van der Waals surface area contributed by atoms with Crippen LogP contribution < -0.4 is 0 Å². The Morgan fingerprint density at radius 1 is 1.22 bits per heavy atom. The molecule has 1 fully saturated rings. The Labute approximate surface area is 136 Å². The van der Waals surface area contributed by atoms with Crippen LogP contribution in [0.15, 0.2) is 11.6 Å². The zero-order valence-corrected chi connectivity index (χ0v) is 13.8. The van der Waals surface area contributed by atoms with E-state index in [4.69, 9.17) is 9.47 Å². The first kappa shape index (κ1) is 18.8. The predicted octanol–water partition coefficient (Wildman–Crippen LogP) is -0.701. The Morgan fingerprint density at radius 3 is 2.39 bits per heavy atom. The highest BCUT2D eigenvalue weighted by molar-refractivity contribution is 5.15. The fraction of sp³-hybridized carbons (Fsp3) is 0.875. The van der Waals surface area contributed by atoms with Crippen molar-refractivity contribution in [2.45, 2.75) is 76.0 Å². The number of hydrogen-bond acceptors (Lipinski definition) is 7. The standard InChI is InChI=1S/C16H28O7/c1-8(2)16(5-4-9(3)6-11(16)18)23-15-14(21)13(20)12(19)10(7-17)22-15/h6,8,10-15,17-21H,4-5,7H2,1-3H3/t10-,11+,12-,13+,14+,15+,16-/m1/s1. The third kappa shape index (κ3) is 3.46. The van der Waals surface area contributed by atoms with E-state index in [1.807, 2.05) is 20.8 Å². The zero-order chi connectivity index (χ0) is 17.4. The number of aliphatic hydroxyl groups excluding tert-OH is 5. The quantitative estimate of drug-likeness (QED) is 0.432. The van der Waals surface area contributed by atoms with E-state index in [9.17, 15) is 25.5 Å². The molecule has 0 aromatic carbocycles. The molecule has 0 aromatic heterocycles. The molecule has 134 valence electrons. The first-order valence-electron chi connectivity index (χ1n) is 8.06. The van der Waals surface area contributed by atoms with Crippen molar-refractivity contribution in [3.63, 3.8) is 0 Å². The summed E-state index contributed by atoms with van der Waals surface area (Å²) in [5.41, 5.74) is 0.0962. The number of rotatable bonds is 4. The van der Waals surface area contributed by atoms with E-state index in [1.165, 1.54) is 0 Å². The molecule has 0 radical (unpaired) electrons. The van der Waals surface area contributed by atoms with Gasteiger partial charge >= 0.3 is 0 Å². The van der Waals surface area contributed by atoms with Gasteiger partial charge in [0.25, 0.3) is 0 Å². The molecule has 0 spiro atoms. The molecule has 0 bridgehead atoms. The highest BCUT2D eigenvalue weighted by Crippen LogP contribution is 2.40. The second-order valence-corrected chi connectivity index (χ2v) is 6.88.